The number of aliphatic carboxylic acids is 1. The van der Waals surface area contributed by atoms with E-state index in [1.165, 1.54) is 64.2 Å². The number of carboxylic acid groups (broad SMARTS) is 1. The Bertz CT molecular complexity index is 172. The quantitative estimate of drug-likeness (QED) is 0.393. The van der Waals surface area contributed by atoms with Crippen molar-refractivity contribution in [1.29, 1.82) is 0 Å². The standard InChI is InChI=1S/C15H30O2.Be.2H/c1-2-3-4-5-6-7-8-9-10-11-12-13-14-15(16)17;;;/h2-14H2,1H3,(H,16,17);;;. The molecule has 0 saturated carbocycles. The summed E-state index contributed by atoms with van der Waals surface area (Å²) >= 11 is 0. The first kappa shape index (κ1) is 20.0. The van der Waals surface area contributed by atoms with Gasteiger partial charge in [0.15, 0.2) is 0 Å². The molecule has 3 heteroatoms. The summed E-state index contributed by atoms with van der Waals surface area (Å²) in [4.78, 5) is 10.3. The van der Waals surface area contributed by atoms with E-state index in [9.17, 15) is 4.79 Å². The zero-order valence-corrected chi connectivity index (χ0v) is 11.5. The van der Waals surface area contributed by atoms with Gasteiger partial charge in [0.25, 0.3) is 0 Å². The average molecular weight is 253 g/mol. The van der Waals surface area contributed by atoms with Crippen LogP contribution in [-0.4, -0.2) is 21.2 Å². The fraction of sp³-hybridized carbons (Fsp3) is 0.933. The molecule has 0 saturated heterocycles. The van der Waals surface area contributed by atoms with Crippen LogP contribution in [0.25, 0.3) is 0 Å². The summed E-state index contributed by atoms with van der Waals surface area (Å²) in [7, 11) is 0. The molecule has 0 aromatic rings. The Balaban J connectivity index is 0. The summed E-state index contributed by atoms with van der Waals surface area (Å²) < 4.78 is 0. The molecule has 0 unspecified atom stereocenters. The molecule has 1 N–H and O–H groups in total. The van der Waals surface area contributed by atoms with E-state index < -0.39 is 5.97 Å². The van der Waals surface area contributed by atoms with Gasteiger partial charge in [-0.1, -0.05) is 77.6 Å². The summed E-state index contributed by atoms with van der Waals surface area (Å²) in [6.45, 7) is 2.25. The Kier molecular flexibility index (Phi) is 18.5. The molecule has 0 aliphatic heterocycles. The first-order valence-electron chi connectivity index (χ1n) is 7.49. The maximum absolute atomic E-state index is 10.3. The molecule has 2 nitrogen and oxygen atoms in total. The van der Waals surface area contributed by atoms with E-state index in [0.717, 1.165) is 12.8 Å². The van der Waals surface area contributed by atoms with Crippen LogP contribution in [0.4, 0.5) is 0 Å². The van der Waals surface area contributed by atoms with Crippen molar-refractivity contribution in [2.45, 2.75) is 90.4 Å². The maximum atomic E-state index is 10.3. The molecular weight excluding hydrogens is 221 g/mol. The molecule has 0 amide bonds. The van der Waals surface area contributed by atoms with Gasteiger partial charge in [0.2, 0.25) is 0 Å². The van der Waals surface area contributed by atoms with E-state index in [0.29, 0.717) is 6.42 Å². The van der Waals surface area contributed by atoms with Gasteiger partial charge in [-0.2, -0.15) is 0 Å². The van der Waals surface area contributed by atoms with Crippen LogP contribution in [0.3, 0.4) is 0 Å². The van der Waals surface area contributed by atoms with Crippen molar-refractivity contribution in [3.8, 4) is 0 Å². The van der Waals surface area contributed by atoms with Crippen molar-refractivity contribution >= 4 is 16.1 Å². The molecule has 0 atom stereocenters. The van der Waals surface area contributed by atoms with Crippen LogP contribution in [-0.2, 0) is 4.79 Å². The second-order valence-corrected chi connectivity index (χ2v) is 5.03. The van der Waals surface area contributed by atoms with Gasteiger partial charge in [0.1, 0.15) is 0 Å². The number of hydrogen-bond acceptors (Lipinski definition) is 1. The zero-order valence-electron chi connectivity index (χ0n) is 11.5. The third-order valence-corrected chi connectivity index (χ3v) is 3.24. The Morgan fingerprint density at radius 2 is 1.06 bits per heavy atom. The predicted octanol–water partition coefficient (Wildman–Crippen LogP) is 4.25. The monoisotopic (exact) mass is 253 g/mol. The topological polar surface area (TPSA) is 37.3 Å². The fourth-order valence-corrected chi connectivity index (χ4v) is 2.12. The SMILES string of the molecule is CCCCCCCCCCCCCCC(=O)O.[BeH2]. The van der Waals surface area contributed by atoms with E-state index in [2.05, 4.69) is 6.92 Å². The molecule has 0 aliphatic rings. The normalized spacial score (nSPS) is 10.1. The van der Waals surface area contributed by atoms with Gasteiger partial charge in [-0.05, 0) is 6.42 Å². The molecule has 0 aromatic carbocycles. The molecular formula is C15H32BeO2. The van der Waals surface area contributed by atoms with Gasteiger partial charge in [0.05, 0.1) is 0 Å². The van der Waals surface area contributed by atoms with Crippen LogP contribution in [0.2, 0.25) is 0 Å². The summed E-state index contributed by atoms with van der Waals surface area (Å²) in [5.41, 5.74) is 0. The zero-order chi connectivity index (χ0) is 12.8. The van der Waals surface area contributed by atoms with E-state index in [-0.39, 0.29) is 10.1 Å². The Labute approximate surface area is 117 Å². The van der Waals surface area contributed by atoms with Gasteiger partial charge < -0.3 is 5.11 Å². The van der Waals surface area contributed by atoms with E-state index in [1.54, 1.807) is 0 Å². The minimum absolute atomic E-state index is 0. The first-order valence-corrected chi connectivity index (χ1v) is 7.49. The van der Waals surface area contributed by atoms with Crippen LogP contribution in [0.5, 0.6) is 0 Å². The van der Waals surface area contributed by atoms with Crippen LogP contribution in [0.1, 0.15) is 90.4 Å². The minimum atomic E-state index is -0.655. The number of hydrogen-bond donors (Lipinski definition) is 1. The number of carbonyl (C=O) groups is 1. The van der Waals surface area contributed by atoms with Gasteiger partial charge in [-0.15, -0.1) is 0 Å². The van der Waals surface area contributed by atoms with E-state index >= 15 is 0 Å². The third kappa shape index (κ3) is 18.0. The van der Waals surface area contributed by atoms with Crippen LogP contribution < -0.4 is 0 Å². The van der Waals surface area contributed by atoms with Gasteiger partial charge >= 0.3 is 16.1 Å². The molecule has 0 aromatic heterocycles. The average Bonchev–Trinajstić information content (AvgIpc) is 2.30. The molecule has 0 fully saturated rings. The summed E-state index contributed by atoms with van der Waals surface area (Å²) in [6.07, 6.45) is 15.8. The molecule has 0 bridgehead atoms. The molecule has 0 rings (SSSR count). The van der Waals surface area contributed by atoms with Crippen molar-refractivity contribution in [2.24, 2.45) is 0 Å². The Hall–Kier alpha value is -0.361. The van der Waals surface area contributed by atoms with Crippen LogP contribution in [0.15, 0.2) is 0 Å². The predicted molar refractivity (Wildman–Crippen MR) is 81.9 cm³/mol. The van der Waals surface area contributed by atoms with Crippen molar-refractivity contribution in [2.75, 3.05) is 0 Å². The van der Waals surface area contributed by atoms with E-state index in [1.807, 2.05) is 0 Å². The molecule has 0 heterocycles. The second-order valence-electron chi connectivity index (χ2n) is 5.03. The molecule has 0 radical (unpaired) electrons. The Morgan fingerprint density at radius 3 is 1.39 bits per heavy atom. The molecule has 0 aliphatic carbocycles. The van der Waals surface area contributed by atoms with Crippen molar-refractivity contribution in [3.63, 3.8) is 0 Å². The van der Waals surface area contributed by atoms with Crippen LogP contribution in [0, 0.1) is 0 Å². The van der Waals surface area contributed by atoms with Gasteiger partial charge in [-0.3, -0.25) is 4.79 Å². The Morgan fingerprint density at radius 1 is 0.722 bits per heavy atom. The summed E-state index contributed by atoms with van der Waals surface area (Å²) in [5, 5.41) is 8.47. The van der Waals surface area contributed by atoms with Gasteiger partial charge in [0, 0.05) is 6.42 Å². The first-order chi connectivity index (χ1) is 8.27. The summed E-state index contributed by atoms with van der Waals surface area (Å²) in [5.74, 6) is -0.655. The van der Waals surface area contributed by atoms with Crippen molar-refractivity contribution < 1.29 is 9.90 Å². The fourth-order valence-electron chi connectivity index (χ4n) is 2.12. The van der Waals surface area contributed by atoms with E-state index in [4.69, 9.17) is 5.11 Å². The van der Waals surface area contributed by atoms with Crippen molar-refractivity contribution in [3.05, 3.63) is 0 Å². The van der Waals surface area contributed by atoms with Crippen molar-refractivity contribution in [1.82, 2.24) is 0 Å². The number of unbranched alkanes of at least 4 members (excludes halogenated alkanes) is 11. The molecule has 0 spiro atoms. The van der Waals surface area contributed by atoms with Crippen LogP contribution >= 0.6 is 0 Å². The molecule has 106 valence electrons. The third-order valence-electron chi connectivity index (χ3n) is 3.24. The number of carboxylic acids is 1. The molecule has 18 heavy (non-hydrogen) atoms. The summed E-state index contributed by atoms with van der Waals surface area (Å²) in [6, 6.07) is 0. The second kappa shape index (κ2) is 16.6. The van der Waals surface area contributed by atoms with Gasteiger partial charge in [-0.25, -0.2) is 0 Å². The number of rotatable bonds is 13.